The van der Waals surface area contributed by atoms with Crippen molar-refractivity contribution in [1.29, 1.82) is 0 Å². The Labute approximate surface area is 121 Å². The van der Waals surface area contributed by atoms with Crippen LogP contribution in [0.2, 0.25) is 0 Å². The Morgan fingerprint density at radius 3 is 2.74 bits per heavy atom. The molecule has 0 amide bonds. The molecule has 2 N–H and O–H groups in total. The van der Waals surface area contributed by atoms with Crippen molar-refractivity contribution in [3.8, 4) is 0 Å². The molecule has 3 nitrogen and oxygen atoms in total. The van der Waals surface area contributed by atoms with Gasteiger partial charge in [0.25, 0.3) is 0 Å². The van der Waals surface area contributed by atoms with Gasteiger partial charge in [0, 0.05) is 36.6 Å². The number of rotatable bonds is 4. The first-order valence-corrected chi connectivity index (χ1v) is 8.16. The molecule has 1 aliphatic rings. The van der Waals surface area contributed by atoms with Crippen LogP contribution in [0.25, 0.3) is 0 Å². The number of thiophene rings is 1. The van der Waals surface area contributed by atoms with Gasteiger partial charge in [0.1, 0.15) is 0 Å². The van der Waals surface area contributed by atoms with E-state index < -0.39 is 0 Å². The van der Waals surface area contributed by atoms with Crippen molar-refractivity contribution in [2.45, 2.75) is 45.3 Å². The van der Waals surface area contributed by atoms with E-state index in [1.54, 1.807) is 0 Å². The maximum atomic E-state index is 6.44. The smallest absolute Gasteiger partial charge is 0.0597 e. The molecule has 0 aliphatic carbocycles. The Bertz CT molecular complexity index is 404. The van der Waals surface area contributed by atoms with E-state index in [9.17, 15) is 0 Å². The van der Waals surface area contributed by atoms with Crippen LogP contribution in [-0.4, -0.2) is 48.6 Å². The molecule has 1 fully saturated rings. The zero-order chi connectivity index (χ0) is 14.0. The minimum absolute atomic E-state index is 0.230. The van der Waals surface area contributed by atoms with Crippen molar-refractivity contribution in [2.24, 2.45) is 5.73 Å². The number of likely N-dealkylation sites (N-methyl/N-ethyl adjacent to an activating group) is 1. The quantitative estimate of drug-likeness (QED) is 0.920. The van der Waals surface area contributed by atoms with E-state index in [4.69, 9.17) is 5.73 Å². The van der Waals surface area contributed by atoms with E-state index in [1.807, 2.05) is 11.3 Å². The molecule has 1 aliphatic heterocycles. The molecule has 0 radical (unpaired) electrons. The van der Waals surface area contributed by atoms with E-state index >= 15 is 0 Å². The van der Waals surface area contributed by atoms with Crippen LogP contribution in [0.4, 0.5) is 0 Å². The predicted octanol–water partition coefficient (Wildman–Crippen LogP) is 2.47. The summed E-state index contributed by atoms with van der Waals surface area (Å²) < 4.78 is 0. The molecule has 2 heterocycles. The zero-order valence-corrected chi connectivity index (χ0v) is 13.4. The lowest BCUT2D eigenvalue weighted by atomic mass is 9.99. The molecule has 0 bridgehead atoms. The Morgan fingerprint density at radius 2 is 2.21 bits per heavy atom. The van der Waals surface area contributed by atoms with Crippen molar-refractivity contribution < 1.29 is 0 Å². The van der Waals surface area contributed by atoms with Gasteiger partial charge in [-0.25, -0.2) is 0 Å². The molecule has 108 valence electrons. The molecule has 2 rings (SSSR count). The Balaban J connectivity index is 2.21. The maximum Gasteiger partial charge on any atom is 0.0597 e. The van der Waals surface area contributed by atoms with Crippen molar-refractivity contribution in [3.63, 3.8) is 0 Å². The van der Waals surface area contributed by atoms with Gasteiger partial charge in [-0.3, -0.25) is 4.90 Å². The number of hydrogen-bond acceptors (Lipinski definition) is 4. The topological polar surface area (TPSA) is 32.5 Å². The van der Waals surface area contributed by atoms with E-state index in [0.29, 0.717) is 12.1 Å². The zero-order valence-electron chi connectivity index (χ0n) is 12.6. The van der Waals surface area contributed by atoms with Crippen LogP contribution in [0, 0.1) is 6.92 Å². The Kier molecular flexibility index (Phi) is 5.01. The first-order valence-electron chi connectivity index (χ1n) is 7.28. The first-order chi connectivity index (χ1) is 9.04. The third kappa shape index (κ3) is 3.19. The second-order valence-electron chi connectivity index (χ2n) is 5.81. The van der Waals surface area contributed by atoms with Gasteiger partial charge in [-0.2, -0.15) is 0 Å². The Hall–Kier alpha value is -0.420. The third-order valence-corrected chi connectivity index (χ3v) is 5.52. The number of hydrogen-bond donors (Lipinski definition) is 1. The van der Waals surface area contributed by atoms with Crippen LogP contribution in [0.5, 0.6) is 0 Å². The van der Waals surface area contributed by atoms with Crippen molar-refractivity contribution in [2.75, 3.05) is 26.7 Å². The van der Waals surface area contributed by atoms with E-state index in [0.717, 1.165) is 26.1 Å². The molecule has 3 unspecified atom stereocenters. The van der Waals surface area contributed by atoms with Crippen LogP contribution < -0.4 is 5.73 Å². The fourth-order valence-corrected chi connectivity index (χ4v) is 4.01. The monoisotopic (exact) mass is 281 g/mol. The minimum Gasteiger partial charge on any atom is -0.326 e. The predicted molar refractivity (Wildman–Crippen MR) is 83.7 cm³/mol. The van der Waals surface area contributed by atoms with Crippen molar-refractivity contribution >= 4 is 11.3 Å². The third-order valence-electron chi connectivity index (χ3n) is 4.43. The SMILES string of the molecule is CCC(N)C(c1sccc1C)N1CCN(C)C(C)C1. The summed E-state index contributed by atoms with van der Waals surface area (Å²) in [6.45, 7) is 10.1. The van der Waals surface area contributed by atoms with Gasteiger partial charge in [0.05, 0.1) is 6.04 Å². The normalized spacial score (nSPS) is 25.4. The Morgan fingerprint density at radius 1 is 1.47 bits per heavy atom. The average molecular weight is 281 g/mol. The van der Waals surface area contributed by atoms with Gasteiger partial charge in [0.2, 0.25) is 0 Å². The lowest BCUT2D eigenvalue weighted by Crippen LogP contribution is -2.54. The summed E-state index contributed by atoms with van der Waals surface area (Å²) in [4.78, 5) is 6.50. The highest BCUT2D eigenvalue weighted by molar-refractivity contribution is 7.10. The summed E-state index contributed by atoms with van der Waals surface area (Å²) in [5.41, 5.74) is 7.83. The van der Waals surface area contributed by atoms with Gasteiger partial charge in [0.15, 0.2) is 0 Å². The molecule has 0 spiro atoms. The molecular weight excluding hydrogens is 254 g/mol. The molecule has 0 aromatic carbocycles. The van der Waals surface area contributed by atoms with Gasteiger partial charge >= 0.3 is 0 Å². The minimum atomic E-state index is 0.230. The van der Waals surface area contributed by atoms with Gasteiger partial charge < -0.3 is 10.6 Å². The summed E-state index contributed by atoms with van der Waals surface area (Å²) in [6.07, 6.45) is 1.03. The van der Waals surface area contributed by atoms with Crippen LogP contribution >= 0.6 is 11.3 Å². The summed E-state index contributed by atoms with van der Waals surface area (Å²) in [5.74, 6) is 0. The van der Waals surface area contributed by atoms with Crippen LogP contribution in [0.1, 0.15) is 36.8 Å². The lowest BCUT2D eigenvalue weighted by Gasteiger charge is -2.43. The van der Waals surface area contributed by atoms with Gasteiger partial charge in [-0.1, -0.05) is 6.92 Å². The standard InChI is InChI=1S/C15H27N3S/c1-5-13(16)14(15-11(2)6-9-19-15)18-8-7-17(4)12(3)10-18/h6,9,12-14H,5,7-8,10,16H2,1-4H3. The van der Waals surface area contributed by atoms with Gasteiger partial charge in [-0.15, -0.1) is 11.3 Å². The molecule has 0 saturated carbocycles. The summed E-state index contributed by atoms with van der Waals surface area (Å²) >= 11 is 1.86. The van der Waals surface area contributed by atoms with E-state index in [1.165, 1.54) is 10.4 Å². The van der Waals surface area contributed by atoms with Crippen molar-refractivity contribution in [1.82, 2.24) is 9.80 Å². The molecule has 19 heavy (non-hydrogen) atoms. The molecule has 4 heteroatoms. The fraction of sp³-hybridized carbons (Fsp3) is 0.733. The van der Waals surface area contributed by atoms with Gasteiger partial charge in [-0.05, 0) is 44.3 Å². The van der Waals surface area contributed by atoms with E-state index in [-0.39, 0.29) is 6.04 Å². The molecule has 1 saturated heterocycles. The number of aryl methyl sites for hydroxylation is 1. The number of nitrogens with zero attached hydrogens (tertiary/aromatic N) is 2. The largest absolute Gasteiger partial charge is 0.326 e. The second kappa shape index (κ2) is 6.35. The molecular formula is C15H27N3S. The lowest BCUT2D eigenvalue weighted by molar-refractivity contribution is 0.0622. The van der Waals surface area contributed by atoms with Crippen molar-refractivity contribution in [3.05, 3.63) is 21.9 Å². The summed E-state index contributed by atoms with van der Waals surface area (Å²) in [7, 11) is 2.22. The molecule has 1 aromatic rings. The first kappa shape index (κ1) is 15.0. The molecule has 3 atom stereocenters. The van der Waals surface area contributed by atoms with E-state index in [2.05, 4.69) is 49.1 Å². The maximum absolute atomic E-state index is 6.44. The average Bonchev–Trinajstić information content (AvgIpc) is 2.80. The highest BCUT2D eigenvalue weighted by atomic mass is 32.1. The van der Waals surface area contributed by atoms with Crippen LogP contribution in [0.3, 0.4) is 0 Å². The summed E-state index contributed by atoms with van der Waals surface area (Å²) in [5, 5.41) is 2.19. The fourth-order valence-electron chi connectivity index (χ4n) is 2.87. The van der Waals surface area contributed by atoms with Crippen LogP contribution in [0.15, 0.2) is 11.4 Å². The highest BCUT2D eigenvalue weighted by Gasteiger charge is 2.32. The summed E-state index contributed by atoms with van der Waals surface area (Å²) in [6, 6.07) is 3.45. The molecule has 1 aromatic heterocycles. The number of piperazine rings is 1. The van der Waals surface area contributed by atoms with Crippen LogP contribution in [-0.2, 0) is 0 Å². The second-order valence-corrected chi connectivity index (χ2v) is 6.76. The highest BCUT2D eigenvalue weighted by Crippen LogP contribution is 2.33. The number of nitrogens with two attached hydrogens (primary N) is 1.